The molecule has 25 heavy (non-hydrogen) atoms. The number of rotatable bonds is 5. The molecule has 2 aliphatic rings. The Morgan fingerprint density at radius 1 is 1.28 bits per heavy atom. The topological polar surface area (TPSA) is 105 Å². The van der Waals surface area contributed by atoms with Crippen LogP contribution in [0.5, 0.6) is 0 Å². The number of nitrogens with zero attached hydrogens (tertiary/aromatic N) is 5. The van der Waals surface area contributed by atoms with Crippen molar-refractivity contribution in [2.75, 3.05) is 0 Å². The molecule has 3 heterocycles. The smallest absolute Gasteiger partial charge is 0.236 e. The first-order chi connectivity index (χ1) is 12.1. The first-order valence-corrected chi connectivity index (χ1v) is 8.06. The maximum absolute atomic E-state index is 6.41. The van der Waals surface area contributed by atoms with Crippen LogP contribution in [-0.4, -0.2) is 34.0 Å². The summed E-state index contributed by atoms with van der Waals surface area (Å²) in [6, 6.07) is 10.0. The van der Waals surface area contributed by atoms with Gasteiger partial charge in [-0.3, -0.25) is 0 Å². The SMILES string of the molecule is C[C@@](N)(Cc1ccccc1)c1nnc(CC2=CN3N=CNC3N=C2)o1. The van der Waals surface area contributed by atoms with E-state index in [1.165, 1.54) is 0 Å². The summed E-state index contributed by atoms with van der Waals surface area (Å²) in [6.45, 7) is 1.90. The molecule has 1 aromatic carbocycles. The van der Waals surface area contributed by atoms with Gasteiger partial charge in [-0.1, -0.05) is 30.3 Å². The highest BCUT2D eigenvalue weighted by atomic mass is 16.4. The summed E-state index contributed by atoms with van der Waals surface area (Å²) < 4.78 is 5.81. The monoisotopic (exact) mass is 337 g/mol. The average Bonchev–Trinajstić information content (AvgIpc) is 3.24. The molecule has 0 bridgehead atoms. The number of fused-ring (bicyclic) bond motifs is 1. The summed E-state index contributed by atoms with van der Waals surface area (Å²) in [7, 11) is 0. The summed E-state index contributed by atoms with van der Waals surface area (Å²) in [6.07, 6.45) is 6.27. The van der Waals surface area contributed by atoms with E-state index in [9.17, 15) is 0 Å². The molecule has 1 unspecified atom stereocenters. The van der Waals surface area contributed by atoms with Gasteiger partial charge in [-0.15, -0.1) is 10.2 Å². The second-order valence-corrected chi connectivity index (χ2v) is 6.40. The van der Waals surface area contributed by atoms with E-state index < -0.39 is 5.54 Å². The Morgan fingerprint density at radius 3 is 2.96 bits per heavy atom. The molecule has 8 nitrogen and oxygen atoms in total. The second-order valence-electron chi connectivity index (χ2n) is 6.40. The van der Waals surface area contributed by atoms with Crippen molar-refractivity contribution in [3.05, 3.63) is 59.4 Å². The fourth-order valence-electron chi connectivity index (χ4n) is 2.81. The van der Waals surface area contributed by atoms with Gasteiger partial charge in [-0.25, -0.2) is 10.0 Å². The largest absolute Gasteiger partial charge is 0.423 e. The van der Waals surface area contributed by atoms with Crippen molar-refractivity contribution in [1.29, 1.82) is 0 Å². The molecule has 0 spiro atoms. The molecule has 3 N–H and O–H groups in total. The highest BCUT2D eigenvalue weighted by Crippen LogP contribution is 2.23. The Balaban J connectivity index is 1.46. The standard InChI is InChI=1S/C17H19N7O/c1-17(18,8-12-5-3-2-4-6-12)15-23-22-14(25-15)7-13-9-19-16-20-11-21-24(16)10-13/h2-6,9-11,16H,7-8,18H2,1H3,(H,20,21)/t16?,17-/m1/s1. The van der Waals surface area contributed by atoms with Crippen LogP contribution in [0.4, 0.5) is 0 Å². The van der Waals surface area contributed by atoms with Crippen LogP contribution in [0.15, 0.2) is 56.6 Å². The van der Waals surface area contributed by atoms with Crippen molar-refractivity contribution < 1.29 is 4.42 Å². The summed E-state index contributed by atoms with van der Waals surface area (Å²) in [5.41, 5.74) is 7.75. The minimum absolute atomic E-state index is 0.153. The van der Waals surface area contributed by atoms with Crippen LogP contribution in [0.1, 0.15) is 24.3 Å². The third kappa shape index (κ3) is 3.29. The summed E-state index contributed by atoms with van der Waals surface area (Å²) >= 11 is 0. The van der Waals surface area contributed by atoms with Gasteiger partial charge in [-0.2, -0.15) is 5.10 Å². The average molecular weight is 337 g/mol. The Hall–Kier alpha value is -3.00. The quantitative estimate of drug-likeness (QED) is 0.847. The van der Waals surface area contributed by atoms with Crippen LogP contribution < -0.4 is 11.1 Å². The first kappa shape index (κ1) is 15.5. The fraction of sp³-hybridized carbons (Fsp3) is 0.294. The van der Waals surface area contributed by atoms with Gasteiger partial charge in [0, 0.05) is 12.4 Å². The van der Waals surface area contributed by atoms with E-state index in [0.29, 0.717) is 24.6 Å². The molecule has 1 aromatic heterocycles. The lowest BCUT2D eigenvalue weighted by Crippen LogP contribution is -2.35. The molecule has 0 fully saturated rings. The molecule has 0 saturated heterocycles. The van der Waals surface area contributed by atoms with Gasteiger partial charge in [0.1, 0.15) is 6.34 Å². The Morgan fingerprint density at radius 2 is 2.12 bits per heavy atom. The van der Waals surface area contributed by atoms with E-state index in [4.69, 9.17) is 10.2 Å². The molecule has 2 aliphatic heterocycles. The van der Waals surface area contributed by atoms with Crippen LogP contribution in [-0.2, 0) is 18.4 Å². The third-order valence-electron chi connectivity index (χ3n) is 4.07. The maximum Gasteiger partial charge on any atom is 0.236 e. The minimum atomic E-state index is -0.726. The number of hydrogen-bond acceptors (Lipinski definition) is 8. The van der Waals surface area contributed by atoms with Crippen LogP contribution in [0, 0.1) is 0 Å². The van der Waals surface area contributed by atoms with Gasteiger partial charge < -0.3 is 15.5 Å². The Kier molecular flexibility index (Phi) is 3.81. The molecule has 128 valence electrons. The van der Waals surface area contributed by atoms with Crippen molar-refractivity contribution in [2.24, 2.45) is 15.8 Å². The number of benzene rings is 1. The van der Waals surface area contributed by atoms with Gasteiger partial charge >= 0.3 is 0 Å². The highest BCUT2D eigenvalue weighted by molar-refractivity contribution is 5.80. The van der Waals surface area contributed by atoms with Gasteiger partial charge in [0.15, 0.2) is 0 Å². The second kappa shape index (κ2) is 6.14. The number of nitrogens with two attached hydrogens (primary N) is 1. The molecule has 0 radical (unpaired) electrons. The number of aromatic nitrogens is 2. The number of allylic oxidation sites excluding steroid dienone is 1. The molecule has 0 amide bonds. The molecule has 2 atom stereocenters. The van der Waals surface area contributed by atoms with Gasteiger partial charge in [0.05, 0.1) is 12.0 Å². The predicted octanol–water partition coefficient (Wildman–Crippen LogP) is 1.13. The highest BCUT2D eigenvalue weighted by Gasteiger charge is 2.29. The maximum atomic E-state index is 6.41. The van der Waals surface area contributed by atoms with E-state index in [1.807, 2.05) is 43.5 Å². The number of aliphatic imine (C=N–C) groups is 1. The Labute approximate surface area is 145 Å². The normalized spacial score (nSPS) is 20.8. The summed E-state index contributed by atoms with van der Waals surface area (Å²) in [5, 5.41) is 17.2. The van der Waals surface area contributed by atoms with Gasteiger partial charge in [0.25, 0.3) is 0 Å². The third-order valence-corrected chi connectivity index (χ3v) is 4.07. The zero-order chi connectivity index (χ0) is 17.3. The Bertz CT molecular complexity index is 838. The van der Waals surface area contributed by atoms with Crippen molar-refractivity contribution >= 4 is 12.6 Å². The molecule has 0 aliphatic carbocycles. The zero-order valence-electron chi connectivity index (χ0n) is 13.8. The van der Waals surface area contributed by atoms with Crippen molar-refractivity contribution in [3.8, 4) is 0 Å². The van der Waals surface area contributed by atoms with E-state index in [0.717, 1.165) is 11.1 Å². The van der Waals surface area contributed by atoms with Gasteiger partial charge in [-0.05, 0) is 24.5 Å². The first-order valence-electron chi connectivity index (χ1n) is 8.06. The lowest BCUT2D eigenvalue weighted by Gasteiger charge is -2.20. The summed E-state index contributed by atoms with van der Waals surface area (Å²) in [5.74, 6) is 0.936. The minimum Gasteiger partial charge on any atom is -0.423 e. The molecular formula is C17H19N7O. The van der Waals surface area contributed by atoms with Crippen LogP contribution in [0.3, 0.4) is 0 Å². The lowest BCUT2D eigenvalue weighted by atomic mass is 9.94. The fourth-order valence-corrected chi connectivity index (χ4v) is 2.81. The zero-order valence-corrected chi connectivity index (χ0v) is 13.8. The molecule has 8 heteroatoms. The van der Waals surface area contributed by atoms with E-state index in [2.05, 4.69) is 25.6 Å². The van der Waals surface area contributed by atoms with E-state index >= 15 is 0 Å². The summed E-state index contributed by atoms with van der Waals surface area (Å²) in [4.78, 5) is 4.36. The number of hydrazone groups is 1. The van der Waals surface area contributed by atoms with Crippen LogP contribution in [0.25, 0.3) is 0 Å². The molecule has 4 rings (SSSR count). The van der Waals surface area contributed by atoms with Crippen molar-refractivity contribution in [3.63, 3.8) is 0 Å². The van der Waals surface area contributed by atoms with E-state index in [-0.39, 0.29) is 6.29 Å². The van der Waals surface area contributed by atoms with Crippen molar-refractivity contribution in [2.45, 2.75) is 31.6 Å². The molecule has 2 aromatic rings. The van der Waals surface area contributed by atoms with Crippen LogP contribution in [0.2, 0.25) is 0 Å². The van der Waals surface area contributed by atoms with Crippen LogP contribution >= 0.6 is 0 Å². The van der Waals surface area contributed by atoms with Crippen molar-refractivity contribution in [1.82, 2.24) is 20.5 Å². The number of nitrogens with one attached hydrogen (secondary N) is 1. The van der Waals surface area contributed by atoms with Gasteiger partial charge in [0.2, 0.25) is 18.1 Å². The number of hydrogen-bond donors (Lipinski definition) is 2. The van der Waals surface area contributed by atoms with E-state index in [1.54, 1.807) is 17.6 Å². The predicted molar refractivity (Wildman–Crippen MR) is 93.5 cm³/mol. The lowest BCUT2D eigenvalue weighted by molar-refractivity contribution is 0.305. The molecular weight excluding hydrogens is 318 g/mol. The molecule has 0 saturated carbocycles.